The van der Waals surface area contributed by atoms with E-state index in [9.17, 15) is 4.79 Å². The molecule has 1 N–H and O–H groups in total. The number of benzene rings is 1. The van der Waals surface area contributed by atoms with E-state index >= 15 is 0 Å². The number of carbonyl (C=O) groups excluding carboxylic acids is 1. The number of nitrogens with zero attached hydrogens (tertiary/aromatic N) is 1. The maximum Gasteiger partial charge on any atom is 0.230 e. The van der Waals surface area contributed by atoms with E-state index in [1.165, 1.54) is 9.13 Å². The van der Waals surface area contributed by atoms with Crippen molar-refractivity contribution in [1.29, 1.82) is 0 Å². The predicted molar refractivity (Wildman–Crippen MR) is 95.6 cm³/mol. The first kappa shape index (κ1) is 17.0. The molecule has 0 bridgehead atoms. The molecule has 2 aliphatic rings. The molecule has 1 spiro atoms. The Kier molecular flexibility index (Phi) is 5.91. The van der Waals surface area contributed by atoms with Gasteiger partial charge in [-0.2, -0.15) is 0 Å². The first-order valence-corrected chi connectivity index (χ1v) is 8.53. The number of piperidine rings is 2. The molecule has 5 heteroatoms. The Balaban J connectivity index is 0.00000161. The van der Waals surface area contributed by atoms with E-state index in [1.807, 2.05) is 0 Å². The average Bonchev–Trinajstić information content (AvgIpc) is 2.47. The number of amides is 1. The summed E-state index contributed by atoms with van der Waals surface area (Å²) in [5.41, 5.74) is 1.15. The van der Waals surface area contributed by atoms with E-state index < -0.39 is 0 Å². The van der Waals surface area contributed by atoms with Gasteiger partial charge >= 0.3 is 0 Å². The van der Waals surface area contributed by atoms with Crippen molar-refractivity contribution in [3.05, 3.63) is 33.4 Å². The molecule has 2 aliphatic heterocycles. The van der Waals surface area contributed by atoms with Crippen LogP contribution in [0.25, 0.3) is 0 Å². The minimum atomic E-state index is -0.114. The molecule has 116 valence electrons. The highest BCUT2D eigenvalue weighted by molar-refractivity contribution is 14.1. The molecule has 3 nitrogen and oxygen atoms in total. The van der Waals surface area contributed by atoms with Gasteiger partial charge in [-0.3, -0.25) is 4.79 Å². The molecule has 0 aromatic heterocycles. The molecule has 1 atom stereocenters. The zero-order chi connectivity index (χ0) is 14.0. The van der Waals surface area contributed by atoms with E-state index in [2.05, 4.69) is 57.1 Å². The lowest BCUT2D eigenvalue weighted by Crippen LogP contribution is -2.54. The van der Waals surface area contributed by atoms with Gasteiger partial charge in [-0.1, -0.05) is 18.2 Å². The minimum absolute atomic E-state index is 0. The van der Waals surface area contributed by atoms with Crippen LogP contribution in [0.2, 0.25) is 0 Å². The largest absolute Gasteiger partial charge is 0.338 e. The van der Waals surface area contributed by atoms with Crippen LogP contribution in [0, 0.1) is 8.99 Å². The van der Waals surface area contributed by atoms with Crippen molar-refractivity contribution in [3.8, 4) is 0 Å². The summed E-state index contributed by atoms with van der Waals surface area (Å²) in [6.45, 7) is 3.60. The maximum absolute atomic E-state index is 12.9. The number of likely N-dealkylation sites (tertiary alicyclic amines) is 1. The van der Waals surface area contributed by atoms with Gasteiger partial charge in [0.2, 0.25) is 5.91 Å². The lowest BCUT2D eigenvalue weighted by atomic mass is 9.73. The van der Waals surface area contributed by atoms with Gasteiger partial charge in [0, 0.05) is 23.2 Å². The van der Waals surface area contributed by atoms with Crippen molar-refractivity contribution < 1.29 is 4.79 Å². The third-order valence-electron chi connectivity index (χ3n) is 4.62. The molecule has 0 saturated carbocycles. The molecule has 0 radical (unpaired) electrons. The molecular weight excluding hydrogens is 399 g/mol. The van der Waals surface area contributed by atoms with Gasteiger partial charge in [0.25, 0.3) is 0 Å². The molecule has 1 unspecified atom stereocenters. The summed E-state index contributed by atoms with van der Waals surface area (Å²) >= 11 is 2.36. The monoisotopic (exact) mass is 420 g/mol. The van der Waals surface area contributed by atoms with Gasteiger partial charge in [0.15, 0.2) is 0 Å². The van der Waals surface area contributed by atoms with Gasteiger partial charge in [-0.05, 0) is 66.4 Å². The Morgan fingerprint density at radius 2 is 2.00 bits per heavy atom. The van der Waals surface area contributed by atoms with Crippen LogP contribution >= 0.6 is 35.0 Å². The molecule has 1 aromatic rings. The maximum atomic E-state index is 12.9. The molecule has 21 heavy (non-hydrogen) atoms. The summed E-state index contributed by atoms with van der Waals surface area (Å²) in [6, 6.07) is 8.36. The summed E-state index contributed by atoms with van der Waals surface area (Å²) < 4.78 is 1.25. The normalized spacial score (nSPS) is 25.8. The van der Waals surface area contributed by atoms with Crippen molar-refractivity contribution in [2.45, 2.75) is 32.2 Å². The van der Waals surface area contributed by atoms with Gasteiger partial charge < -0.3 is 10.2 Å². The Hall–Kier alpha value is -0.330. The van der Waals surface area contributed by atoms with Gasteiger partial charge in [0.1, 0.15) is 0 Å². The van der Waals surface area contributed by atoms with E-state index in [0.717, 1.165) is 51.9 Å². The molecule has 0 aliphatic carbocycles. The van der Waals surface area contributed by atoms with Gasteiger partial charge in [-0.15, -0.1) is 12.4 Å². The fraction of sp³-hybridized carbons (Fsp3) is 0.562. The van der Waals surface area contributed by atoms with Crippen molar-refractivity contribution in [2.24, 2.45) is 5.41 Å². The predicted octanol–water partition coefficient (Wildman–Crippen LogP) is 3.21. The summed E-state index contributed by atoms with van der Waals surface area (Å²) in [5.74, 6) is 0.371. The number of hydrogen-bond acceptors (Lipinski definition) is 2. The van der Waals surface area contributed by atoms with E-state index in [0.29, 0.717) is 5.91 Å². The fourth-order valence-electron chi connectivity index (χ4n) is 3.50. The van der Waals surface area contributed by atoms with Gasteiger partial charge in [0.05, 0.1) is 5.41 Å². The molecule has 1 aromatic carbocycles. The second-order valence-electron chi connectivity index (χ2n) is 5.98. The number of hydrogen-bond donors (Lipinski definition) is 1. The van der Waals surface area contributed by atoms with Crippen LogP contribution in [0.4, 0.5) is 0 Å². The van der Waals surface area contributed by atoms with Crippen LogP contribution < -0.4 is 5.32 Å². The third kappa shape index (κ3) is 3.54. The van der Waals surface area contributed by atoms with Crippen molar-refractivity contribution >= 4 is 40.9 Å². The first-order valence-electron chi connectivity index (χ1n) is 7.45. The van der Waals surface area contributed by atoms with Gasteiger partial charge in [-0.25, -0.2) is 0 Å². The Morgan fingerprint density at radius 3 is 2.71 bits per heavy atom. The minimum Gasteiger partial charge on any atom is -0.338 e. The van der Waals surface area contributed by atoms with Crippen LogP contribution in [0.3, 0.4) is 0 Å². The lowest BCUT2D eigenvalue weighted by molar-refractivity contribution is -0.148. The second-order valence-corrected chi connectivity index (χ2v) is 7.14. The standard InChI is InChI=1S/C16H21IN2O.ClH/c17-14-6-2-1-5-13(14)11-19-10-4-8-16(15(19)20)7-3-9-18-12-16;/h1-2,5-6,18H,3-4,7-12H2;1H. The topological polar surface area (TPSA) is 32.3 Å². The average molecular weight is 421 g/mol. The van der Waals surface area contributed by atoms with E-state index in [4.69, 9.17) is 0 Å². The van der Waals surface area contributed by atoms with Crippen molar-refractivity contribution in [2.75, 3.05) is 19.6 Å². The summed E-state index contributed by atoms with van der Waals surface area (Å²) in [5, 5.41) is 3.42. The molecule has 2 fully saturated rings. The number of carbonyl (C=O) groups is 1. The van der Waals surface area contributed by atoms with Crippen LogP contribution in [-0.4, -0.2) is 30.4 Å². The number of nitrogens with one attached hydrogen (secondary N) is 1. The van der Waals surface area contributed by atoms with Crippen LogP contribution in [0.1, 0.15) is 31.2 Å². The Bertz CT molecular complexity index is 497. The van der Waals surface area contributed by atoms with Crippen LogP contribution in [0.5, 0.6) is 0 Å². The summed E-state index contributed by atoms with van der Waals surface area (Å²) in [7, 11) is 0. The zero-order valence-corrected chi connectivity index (χ0v) is 15.1. The van der Waals surface area contributed by atoms with Crippen LogP contribution in [0.15, 0.2) is 24.3 Å². The van der Waals surface area contributed by atoms with Crippen molar-refractivity contribution in [3.63, 3.8) is 0 Å². The molecule has 2 heterocycles. The highest BCUT2D eigenvalue weighted by Crippen LogP contribution is 2.37. The smallest absolute Gasteiger partial charge is 0.230 e. The summed E-state index contributed by atoms with van der Waals surface area (Å²) in [6.07, 6.45) is 4.38. The van der Waals surface area contributed by atoms with E-state index in [-0.39, 0.29) is 17.8 Å². The zero-order valence-electron chi connectivity index (χ0n) is 12.1. The highest BCUT2D eigenvalue weighted by Gasteiger charge is 2.44. The number of rotatable bonds is 2. The Morgan fingerprint density at radius 1 is 1.24 bits per heavy atom. The highest BCUT2D eigenvalue weighted by atomic mass is 127. The quantitative estimate of drug-likeness (QED) is 0.745. The number of halogens is 2. The first-order chi connectivity index (χ1) is 9.71. The Labute approximate surface area is 146 Å². The summed E-state index contributed by atoms with van der Waals surface area (Å²) in [4.78, 5) is 15.0. The fourth-order valence-corrected chi connectivity index (χ4v) is 4.06. The lowest BCUT2D eigenvalue weighted by Gasteiger charge is -2.44. The molecule has 2 saturated heterocycles. The molecular formula is C16H22ClIN2O. The van der Waals surface area contributed by atoms with E-state index in [1.54, 1.807) is 0 Å². The molecule has 3 rings (SSSR count). The molecule has 1 amide bonds. The third-order valence-corrected chi connectivity index (χ3v) is 5.67. The van der Waals surface area contributed by atoms with Crippen LogP contribution in [-0.2, 0) is 11.3 Å². The second kappa shape index (κ2) is 7.29. The van der Waals surface area contributed by atoms with Crippen molar-refractivity contribution in [1.82, 2.24) is 10.2 Å². The SMILES string of the molecule is Cl.O=C1N(Cc2ccccc2I)CCCC12CCCNC2.